The number of anilines is 1. The second-order valence-electron chi connectivity index (χ2n) is 8.77. The number of hydrogen-bond acceptors (Lipinski definition) is 5. The van der Waals surface area contributed by atoms with Gasteiger partial charge in [-0.1, -0.05) is 53.3 Å². The molecule has 37 heavy (non-hydrogen) atoms. The first kappa shape index (κ1) is 25.7. The first-order valence-electron chi connectivity index (χ1n) is 11.6. The zero-order valence-corrected chi connectivity index (χ0v) is 21.9. The van der Waals surface area contributed by atoms with Crippen molar-refractivity contribution in [2.24, 2.45) is 5.92 Å². The number of amides is 1. The number of nitrogens with zero attached hydrogens (tertiary/aromatic N) is 3. The van der Waals surface area contributed by atoms with Crippen molar-refractivity contribution in [3.63, 3.8) is 0 Å². The van der Waals surface area contributed by atoms with Crippen LogP contribution in [0.2, 0.25) is 5.02 Å². The van der Waals surface area contributed by atoms with Gasteiger partial charge in [0.05, 0.1) is 16.8 Å². The number of sulfonamides is 1. The summed E-state index contributed by atoms with van der Waals surface area (Å²) in [5, 5.41) is 1.11. The lowest BCUT2D eigenvalue weighted by molar-refractivity contribution is -0.123. The number of carbonyl (C=O) groups is 1. The van der Waals surface area contributed by atoms with Gasteiger partial charge in [-0.25, -0.2) is 22.2 Å². The third kappa shape index (κ3) is 5.38. The molecule has 0 bridgehead atoms. The molecule has 1 amide bonds. The lowest BCUT2D eigenvalue weighted by Gasteiger charge is -2.33. The number of benzene rings is 3. The molecule has 0 unspecified atom stereocenters. The summed E-state index contributed by atoms with van der Waals surface area (Å²) in [6.07, 6.45) is 0.494. The molecule has 1 aromatic heterocycles. The smallest absolute Gasteiger partial charge is 0.246 e. The van der Waals surface area contributed by atoms with Gasteiger partial charge < -0.3 is 0 Å². The van der Waals surface area contributed by atoms with Crippen LogP contribution in [0.4, 0.5) is 13.9 Å². The summed E-state index contributed by atoms with van der Waals surface area (Å²) in [5.74, 6) is -2.46. The molecule has 1 aliphatic heterocycles. The fourth-order valence-electron chi connectivity index (χ4n) is 4.39. The SMILES string of the molecule is O=C(C1CCN(S(=O)(=O)c2cc(F)ccc2F)CC1)N(Cc1ccccc1)c1nc2ccc(Cl)cc2s1. The number of halogens is 3. The highest BCUT2D eigenvalue weighted by Gasteiger charge is 2.36. The van der Waals surface area contributed by atoms with Crippen molar-refractivity contribution in [2.45, 2.75) is 24.3 Å². The Morgan fingerprint density at radius 2 is 1.78 bits per heavy atom. The summed E-state index contributed by atoms with van der Waals surface area (Å²) in [7, 11) is -4.24. The van der Waals surface area contributed by atoms with E-state index in [1.165, 1.54) is 11.3 Å². The number of aromatic nitrogens is 1. The van der Waals surface area contributed by atoms with E-state index in [4.69, 9.17) is 11.6 Å². The highest BCUT2D eigenvalue weighted by atomic mass is 35.5. The van der Waals surface area contributed by atoms with Crippen molar-refractivity contribution < 1.29 is 22.0 Å². The number of piperidine rings is 1. The van der Waals surface area contributed by atoms with Crippen LogP contribution in [0, 0.1) is 17.6 Å². The van der Waals surface area contributed by atoms with Gasteiger partial charge in [0.2, 0.25) is 15.9 Å². The molecule has 2 heterocycles. The molecule has 0 atom stereocenters. The maximum Gasteiger partial charge on any atom is 0.246 e. The van der Waals surface area contributed by atoms with Gasteiger partial charge in [0.25, 0.3) is 0 Å². The van der Waals surface area contributed by atoms with Crippen LogP contribution in [-0.2, 0) is 21.4 Å². The Morgan fingerprint density at radius 1 is 1.05 bits per heavy atom. The van der Waals surface area contributed by atoms with Gasteiger partial charge in [0.1, 0.15) is 16.5 Å². The third-order valence-corrected chi connectivity index (χ3v) is 9.52. The Kier molecular flexibility index (Phi) is 7.26. The molecule has 0 N–H and O–H groups in total. The zero-order valence-electron chi connectivity index (χ0n) is 19.5. The third-order valence-electron chi connectivity index (χ3n) is 6.33. The van der Waals surface area contributed by atoms with E-state index in [2.05, 4.69) is 4.98 Å². The second kappa shape index (κ2) is 10.4. The van der Waals surface area contributed by atoms with E-state index >= 15 is 0 Å². The predicted octanol–water partition coefficient (Wildman–Crippen LogP) is 5.86. The zero-order chi connectivity index (χ0) is 26.2. The van der Waals surface area contributed by atoms with E-state index in [1.807, 2.05) is 30.3 Å². The summed E-state index contributed by atoms with van der Waals surface area (Å²) in [4.78, 5) is 19.4. The van der Waals surface area contributed by atoms with Gasteiger partial charge in [0, 0.05) is 24.0 Å². The first-order chi connectivity index (χ1) is 17.7. The van der Waals surface area contributed by atoms with E-state index in [9.17, 15) is 22.0 Å². The molecular formula is C26H22ClF2N3O3S2. The summed E-state index contributed by atoms with van der Waals surface area (Å²) < 4.78 is 55.7. The molecule has 0 aliphatic carbocycles. The van der Waals surface area contributed by atoms with Gasteiger partial charge in [0.15, 0.2) is 5.13 Å². The van der Waals surface area contributed by atoms with Crippen molar-refractivity contribution in [1.82, 2.24) is 9.29 Å². The molecule has 1 saturated heterocycles. The van der Waals surface area contributed by atoms with Gasteiger partial charge in [-0.15, -0.1) is 0 Å². The molecule has 0 saturated carbocycles. The normalized spacial score (nSPS) is 15.2. The van der Waals surface area contributed by atoms with E-state index in [0.29, 0.717) is 22.8 Å². The Labute approximate surface area is 222 Å². The topological polar surface area (TPSA) is 70.6 Å². The number of rotatable bonds is 6. The number of carbonyl (C=O) groups excluding carboxylic acids is 1. The average Bonchev–Trinajstić information content (AvgIpc) is 3.32. The standard InChI is InChI=1S/C26H22ClF2N3O3S2/c27-19-6-9-22-23(14-19)36-26(30-22)32(16-17-4-2-1-3-5-17)25(33)18-10-12-31(13-11-18)37(34,35)24-15-20(28)7-8-21(24)29/h1-9,14-15,18H,10-13,16H2. The quantitative estimate of drug-likeness (QED) is 0.295. The minimum Gasteiger partial charge on any atom is -0.283 e. The summed E-state index contributed by atoms with van der Waals surface area (Å²) in [6, 6.07) is 17.2. The summed E-state index contributed by atoms with van der Waals surface area (Å²) >= 11 is 7.50. The molecule has 6 nitrogen and oxygen atoms in total. The van der Waals surface area contributed by atoms with E-state index in [-0.39, 0.29) is 31.8 Å². The first-order valence-corrected chi connectivity index (χ1v) is 14.2. The van der Waals surface area contributed by atoms with Crippen molar-refractivity contribution in [3.8, 4) is 0 Å². The Balaban J connectivity index is 1.38. The number of thiazole rings is 1. The highest BCUT2D eigenvalue weighted by Crippen LogP contribution is 2.34. The molecule has 1 aliphatic rings. The van der Waals surface area contributed by atoms with Crippen molar-refractivity contribution in [1.29, 1.82) is 0 Å². The van der Waals surface area contributed by atoms with Crippen LogP contribution >= 0.6 is 22.9 Å². The Bertz CT molecular complexity index is 1560. The van der Waals surface area contributed by atoms with Gasteiger partial charge in [-0.3, -0.25) is 9.69 Å². The summed E-state index contributed by atoms with van der Waals surface area (Å²) in [6.45, 7) is 0.340. The van der Waals surface area contributed by atoms with Crippen LogP contribution < -0.4 is 4.90 Å². The highest BCUT2D eigenvalue weighted by molar-refractivity contribution is 7.89. The van der Waals surface area contributed by atoms with Crippen LogP contribution in [0.5, 0.6) is 0 Å². The number of fused-ring (bicyclic) bond motifs is 1. The molecule has 0 spiro atoms. The Morgan fingerprint density at radius 3 is 2.51 bits per heavy atom. The fourth-order valence-corrected chi connectivity index (χ4v) is 7.18. The van der Waals surface area contributed by atoms with E-state index in [0.717, 1.165) is 32.2 Å². The minimum absolute atomic E-state index is 0.0172. The van der Waals surface area contributed by atoms with E-state index in [1.54, 1.807) is 23.1 Å². The van der Waals surface area contributed by atoms with Crippen LogP contribution in [0.15, 0.2) is 71.6 Å². The molecule has 11 heteroatoms. The lowest BCUT2D eigenvalue weighted by atomic mass is 9.96. The molecule has 1 fully saturated rings. The van der Waals surface area contributed by atoms with Gasteiger partial charge in [-0.2, -0.15) is 4.31 Å². The monoisotopic (exact) mass is 561 g/mol. The largest absolute Gasteiger partial charge is 0.283 e. The average molecular weight is 562 g/mol. The van der Waals surface area contributed by atoms with Gasteiger partial charge >= 0.3 is 0 Å². The predicted molar refractivity (Wildman–Crippen MR) is 140 cm³/mol. The summed E-state index contributed by atoms with van der Waals surface area (Å²) in [5.41, 5.74) is 1.66. The molecule has 5 rings (SSSR count). The molecule has 0 radical (unpaired) electrons. The molecule has 192 valence electrons. The fraction of sp³-hybridized carbons (Fsp3) is 0.231. The van der Waals surface area contributed by atoms with Crippen LogP contribution in [-0.4, -0.2) is 36.7 Å². The lowest BCUT2D eigenvalue weighted by Crippen LogP contribution is -2.44. The molecular weight excluding hydrogens is 540 g/mol. The van der Waals surface area contributed by atoms with Gasteiger partial charge in [-0.05, 0) is 54.8 Å². The Hall–Kier alpha value is -2.92. The second-order valence-corrected chi connectivity index (χ2v) is 12.1. The van der Waals surface area contributed by atoms with Crippen LogP contribution in [0.25, 0.3) is 10.2 Å². The van der Waals surface area contributed by atoms with E-state index < -0.39 is 32.5 Å². The maximum absolute atomic E-state index is 14.2. The molecule has 4 aromatic rings. The van der Waals surface area contributed by atoms with Crippen molar-refractivity contribution >= 4 is 54.2 Å². The maximum atomic E-state index is 14.2. The molecule has 3 aromatic carbocycles. The number of hydrogen-bond donors (Lipinski definition) is 0. The van der Waals surface area contributed by atoms with Crippen LogP contribution in [0.3, 0.4) is 0 Å². The van der Waals surface area contributed by atoms with Crippen molar-refractivity contribution in [2.75, 3.05) is 18.0 Å². The van der Waals surface area contributed by atoms with Crippen LogP contribution in [0.1, 0.15) is 18.4 Å². The minimum atomic E-state index is -4.24. The van der Waals surface area contributed by atoms with Crippen molar-refractivity contribution in [3.05, 3.63) is 89.0 Å².